The van der Waals surface area contributed by atoms with Crippen molar-refractivity contribution in [3.8, 4) is 22.6 Å². The molecule has 0 aliphatic rings. The lowest BCUT2D eigenvalue weighted by molar-refractivity contribution is -0.153. The van der Waals surface area contributed by atoms with Gasteiger partial charge in [-0.05, 0) is 65.3 Å². The number of hydrogen-bond donors (Lipinski definition) is 0. The van der Waals surface area contributed by atoms with Crippen LogP contribution in [0.1, 0.15) is 11.1 Å². The van der Waals surface area contributed by atoms with E-state index in [1.165, 1.54) is 18.2 Å². The van der Waals surface area contributed by atoms with Gasteiger partial charge < -0.3 is 9.47 Å². The molecule has 0 radical (unpaired) electrons. The number of halogens is 5. The van der Waals surface area contributed by atoms with E-state index < -0.39 is 18.6 Å². The van der Waals surface area contributed by atoms with E-state index in [2.05, 4.69) is 6.58 Å². The lowest BCUT2D eigenvalue weighted by Crippen LogP contribution is -2.19. The molecule has 0 bridgehead atoms. The van der Waals surface area contributed by atoms with Crippen LogP contribution in [0.2, 0.25) is 0 Å². The molecular weight excluding hydrogens is 475 g/mol. The molecule has 0 saturated heterocycles. The van der Waals surface area contributed by atoms with Gasteiger partial charge in [0, 0.05) is 17.0 Å². The molecule has 0 spiro atoms. The van der Waals surface area contributed by atoms with Crippen molar-refractivity contribution in [2.75, 3.05) is 13.2 Å². The Kier molecular flexibility index (Phi) is 7.58. The predicted octanol–water partition coefficient (Wildman–Crippen LogP) is 8.08. The molecule has 0 amide bonds. The maximum absolute atomic E-state index is 15.2. The van der Waals surface area contributed by atoms with Gasteiger partial charge in [-0.25, -0.2) is 8.78 Å². The summed E-state index contributed by atoms with van der Waals surface area (Å²) in [5, 5.41) is 1.07. The first kappa shape index (κ1) is 25.2. The van der Waals surface area contributed by atoms with Crippen LogP contribution in [0.3, 0.4) is 0 Å². The topological polar surface area (TPSA) is 18.5 Å². The van der Waals surface area contributed by atoms with Gasteiger partial charge in [0.05, 0.1) is 0 Å². The van der Waals surface area contributed by atoms with Crippen molar-refractivity contribution in [3.05, 3.63) is 108 Å². The second kappa shape index (κ2) is 10.8. The number of rotatable bonds is 9. The van der Waals surface area contributed by atoms with E-state index in [0.717, 1.165) is 5.56 Å². The van der Waals surface area contributed by atoms with Crippen molar-refractivity contribution in [1.29, 1.82) is 0 Å². The molecule has 0 fully saturated rings. The van der Waals surface area contributed by atoms with Crippen LogP contribution in [0, 0.1) is 11.6 Å². The number of benzene rings is 4. The third-order valence-electron chi connectivity index (χ3n) is 5.66. The minimum Gasteiger partial charge on any atom is -0.489 e. The van der Waals surface area contributed by atoms with Crippen LogP contribution in [0.15, 0.2) is 85.5 Å². The molecule has 0 saturated carbocycles. The van der Waals surface area contributed by atoms with E-state index in [9.17, 15) is 17.6 Å². The number of ether oxygens (including phenoxy) is 2. The summed E-state index contributed by atoms with van der Waals surface area (Å²) in [6.07, 6.45) is -1.91. The average Bonchev–Trinajstić information content (AvgIpc) is 2.86. The Labute approximate surface area is 205 Å². The lowest BCUT2D eigenvalue weighted by Gasteiger charge is -2.11. The smallest absolute Gasteiger partial charge is 0.422 e. The summed E-state index contributed by atoms with van der Waals surface area (Å²) in [5.41, 5.74) is 2.37. The van der Waals surface area contributed by atoms with E-state index >= 15 is 4.39 Å². The minimum absolute atomic E-state index is 0.124. The van der Waals surface area contributed by atoms with Gasteiger partial charge in [0.25, 0.3) is 0 Å². The van der Waals surface area contributed by atoms with Gasteiger partial charge in [-0.2, -0.15) is 13.2 Å². The number of fused-ring (bicyclic) bond motifs is 1. The molecule has 0 aliphatic carbocycles. The van der Waals surface area contributed by atoms with E-state index in [1.54, 1.807) is 60.7 Å². The lowest BCUT2D eigenvalue weighted by atomic mass is 9.97. The standard InChI is InChI=1S/C29H23F5O2/c1-2-15-35-24-12-14-25(27(30)17-24)21-9-13-26-22(16-21)8-7-20(28(26)31)6-3-19-4-10-23(11-5-19)36-18-29(32,33)34/h2,4-5,7-14,16-17H,1,3,6,15,18H2. The maximum Gasteiger partial charge on any atom is 0.422 e. The van der Waals surface area contributed by atoms with Gasteiger partial charge in [-0.15, -0.1) is 0 Å². The zero-order valence-corrected chi connectivity index (χ0v) is 19.2. The largest absolute Gasteiger partial charge is 0.489 e. The van der Waals surface area contributed by atoms with Crippen LogP contribution in [-0.4, -0.2) is 19.4 Å². The molecule has 0 aromatic heterocycles. The number of aryl methyl sites for hydroxylation is 2. The van der Waals surface area contributed by atoms with Crippen molar-refractivity contribution in [2.24, 2.45) is 0 Å². The fraction of sp³-hybridized carbons (Fsp3) is 0.172. The predicted molar refractivity (Wildman–Crippen MR) is 130 cm³/mol. The Hall–Kier alpha value is -3.87. The third-order valence-corrected chi connectivity index (χ3v) is 5.66. The SMILES string of the molecule is C=CCOc1ccc(-c2ccc3c(F)c(CCc4ccc(OCC(F)(F)F)cc4)ccc3c2)c(F)c1. The normalized spacial score (nSPS) is 11.5. The Morgan fingerprint density at radius 3 is 2.22 bits per heavy atom. The fourth-order valence-electron chi connectivity index (χ4n) is 3.87. The molecule has 2 nitrogen and oxygen atoms in total. The summed E-state index contributed by atoms with van der Waals surface area (Å²) in [4.78, 5) is 0. The minimum atomic E-state index is -4.40. The molecule has 4 aromatic rings. The zero-order chi connectivity index (χ0) is 25.7. The molecule has 4 aromatic carbocycles. The van der Waals surface area contributed by atoms with Crippen LogP contribution in [-0.2, 0) is 12.8 Å². The zero-order valence-electron chi connectivity index (χ0n) is 19.2. The average molecular weight is 498 g/mol. The molecule has 0 heterocycles. The molecule has 0 N–H and O–H groups in total. The second-order valence-corrected chi connectivity index (χ2v) is 8.26. The third kappa shape index (κ3) is 6.22. The molecular formula is C29H23F5O2. The summed E-state index contributed by atoms with van der Waals surface area (Å²) in [6, 6.07) is 19.4. The van der Waals surface area contributed by atoms with Gasteiger partial charge in [0.1, 0.15) is 29.7 Å². The maximum atomic E-state index is 15.2. The fourth-order valence-corrected chi connectivity index (χ4v) is 3.87. The van der Waals surface area contributed by atoms with Crippen molar-refractivity contribution in [2.45, 2.75) is 19.0 Å². The van der Waals surface area contributed by atoms with Gasteiger partial charge in [-0.1, -0.05) is 49.1 Å². The van der Waals surface area contributed by atoms with Gasteiger partial charge in [0.2, 0.25) is 0 Å². The summed E-state index contributed by atoms with van der Waals surface area (Å²) in [7, 11) is 0. The van der Waals surface area contributed by atoms with Gasteiger partial charge in [-0.3, -0.25) is 0 Å². The number of hydrogen-bond acceptors (Lipinski definition) is 2. The first-order chi connectivity index (χ1) is 17.2. The highest BCUT2D eigenvalue weighted by atomic mass is 19.4. The summed E-state index contributed by atoms with van der Waals surface area (Å²) in [5.74, 6) is -0.268. The van der Waals surface area contributed by atoms with Crippen molar-refractivity contribution in [1.82, 2.24) is 0 Å². The van der Waals surface area contributed by atoms with Crippen molar-refractivity contribution < 1.29 is 31.4 Å². The molecule has 0 atom stereocenters. The Morgan fingerprint density at radius 2 is 1.53 bits per heavy atom. The Balaban J connectivity index is 1.46. The molecule has 36 heavy (non-hydrogen) atoms. The molecule has 186 valence electrons. The highest BCUT2D eigenvalue weighted by Crippen LogP contribution is 2.31. The van der Waals surface area contributed by atoms with E-state index in [-0.39, 0.29) is 18.2 Å². The van der Waals surface area contributed by atoms with Crippen molar-refractivity contribution in [3.63, 3.8) is 0 Å². The van der Waals surface area contributed by atoms with Gasteiger partial charge in [0.15, 0.2) is 6.61 Å². The summed E-state index contributed by atoms with van der Waals surface area (Å²) >= 11 is 0. The van der Waals surface area contributed by atoms with E-state index in [0.29, 0.717) is 46.1 Å². The first-order valence-corrected chi connectivity index (χ1v) is 11.3. The molecule has 7 heteroatoms. The van der Waals surface area contributed by atoms with Crippen molar-refractivity contribution >= 4 is 10.8 Å². The monoisotopic (exact) mass is 498 g/mol. The molecule has 4 rings (SSSR count). The van der Waals surface area contributed by atoms with Crippen LogP contribution in [0.25, 0.3) is 21.9 Å². The second-order valence-electron chi connectivity index (χ2n) is 8.26. The molecule has 0 aliphatic heterocycles. The van der Waals surface area contributed by atoms with Gasteiger partial charge >= 0.3 is 6.18 Å². The Morgan fingerprint density at radius 1 is 0.778 bits per heavy atom. The van der Waals surface area contributed by atoms with Crippen LogP contribution in [0.4, 0.5) is 22.0 Å². The quantitative estimate of drug-likeness (QED) is 0.172. The van der Waals surface area contributed by atoms with Crippen LogP contribution < -0.4 is 9.47 Å². The number of alkyl halides is 3. The highest BCUT2D eigenvalue weighted by Gasteiger charge is 2.28. The highest BCUT2D eigenvalue weighted by molar-refractivity contribution is 5.88. The van der Waals surface area contributed by atoms with Crippen LogP contribution >= 0.6 is 0 Å². The van der Waals surface area contributed by atoms with E-state index in [1.807, 2.05) is 0 Å². The van der Waals surface area contributed by atoms with E-state index in [4.69, 9.17) is 9.47 Å². The molecule has 0 unspecified atom stereocenters. The van der Waals surface area contributed by atoms with Crippen LogP contribution in [0.5, 0.6) is 11.5 Å². The Bertz CT molecular complexity index is 1360. The summed E-state index contributed by atoms with van der Waals surface area (Å²) in [6.45, 7) is 2.49. The first-order valence-electron chi connectivity index (χ1n) is 11.3. The summed E-state index contributed by atoms with van der Waals surface area (Å²) < 4.78 is 76.7.